The van der Waals surface area contributed by atoms with Gasteiger partial charge in [0.05, 0.1) is 0 Å². The molecule has 1 saturated carbocycles. The fourth-order valence-electron chi connectivity index (χ4n) is 3.87. The van der Waals surface area contributed by atoms with Crippen LogP contribution in [0, 0.1) is 24.7 Å². The Morgan fingerprint density at radius 3 is 2.71 bits per heavy atom. The van der Waals surface area contributed by atoms with E-state index in [0.717, 1.165) is 23.8 Å². The van der Waals surface area contributed by atoms with E-state index in [9.17, 15) is 0 Å². The lowest BCUT2D eigenvalue weighted by Gasteiger charge is -2.38. The third kappa shape index (κ3) is 4.85. The maximum Gasteiger partial charge on any atom is 0.00987 e. The monoisotopic (exact) mass is 287 g/mol. The van der Waals surface area contributed by atoms with Crippen molar-refractivity contribution in [3.8, 4) is 0 Å². The molecule has 0 bridgehead atoms. The van der Waals surface area contributed by atoms with Crippen molar-refractivity contribution in [2.24, 2.45) is 17.8 Å². The predicted octanol–water partition coefficient (Wildman–Crippen LogP) is 4.98. The molecule has 2 rings (SSSR count). The van der Waals surface area contributed by atoms with Crippen LogP contribution in [0.5, 0.6) is 0 Å². The van der Waals surface area contributed by atoms with E-state index in [1.54, 1.807) is 0 Å². The smallest absolute Gasteiger partial charge is 0.00987 e. The van der Waals surface area contributed by atoms with Gasteiger partial charge in [-0.25, -0.2) is 0 Å². The van der Waals surface area contributed by atoms with Crippen LogP contribution < -0.4 is 5.32 Å². The van der Waals surface area contributed by atoms with Gasteiger partial charge in [0.15, 0.2) is 0 Å². The molecule has 1 nitrogen and oxygen atoms in total. The normalized spacial score (nSPS) is 26.2. The summed E-state index contributed by atoms with van der Waals surface area (Å²) in [6, 6.07) is 9.81. The Morgan fingerprint density at radius 1 is 1.24 bits per heavy atom. The molecule has 1 aliphatic carbocycles. The minimum absolute atomic E-state index is 0.723. The predicted molar refractivity (Wildman–Crippen MR) is 92.6 cm³/mol. The van der Waals surface area contributed by atoms with E-state index in [1.165, 1.54) is 49.8 Å². The van der Waals surface area contributed by atoms with Gasteiger partial charge in [0.2, 0.25) is 0 Å². The largest absolute Gasteiger partial charge is 0.314 e. The van der Waals surface area contributed by atoms with Gasteiger partial charge in [-0.3, -0.25) is 0 Å². The van der Waals surface area contributed by atoms with Gasteiger partial charge in [-0.05, 0) is 68.9 Å². The summed E-state index contributed by atoms with van der Waals surface area (Å²) in [5.74, 6) is 2.55. The molecule has 0 heterocycles. The molecule has 21 heavy (non-hydrogen) atoms. The molecule has 1 heteroatoms. The number of nitrogens with one attached hydrogen (secondary N) is 1. The molecule has 3 atom stereocenters. The summed E-state index contributed by atoms with van der Waals surface area (Å²) in [5.41, 5.74) is 2.91. The lowest BCUT2D eigenvalue weighted by molar-refractivity contribution is 0.167. The number of hydrogen-bond donors (Lipinski definition) is 1. The van der Waals surface area contributed by atoms with Crippen molar-refractivity contribution in [1.82, 2.24) is 5.32 Å². The molecule has 0 radical (unpaired) electrons. The van der Waals surface area contributed by atoms with Crippen LogP contribution in [0.1, 0.15) is 57.6 Å². The number of rotatable bonds is 6. The van der Waals surface area contributed by atoms with Crippen molar-refractivity contribution in [2.45, 2.75) is 65.8 Å². The minimum atomic E-state index is 0.723. The molecule has 3 unspecified atom stereocenters. The van der Waals surface area contributed by atoms with Crippen LogP contribution in [0.15, 0.2) is 24.3 Å². The lowest BCUT2D eigenvalue weighted by Crippen LogP contribution is -2.42. The summed E-state index contributed by atoms with van der Waals surface area (Å²) in [5, 5.41) is 3.82. The second-order valence-corrected chi connectivity index (χ2v) is 7.33. The number of hydrogen-bond acceptors (Lipinski definition) is 1. The van der Waals surface area contributed by atoms with Crippen molar-refractivity contribution in [1.29, 1.82) is 0 Å². The highest BCUT2D eigenvalue weighted by atomic mass is 14.9. The van der Waals surface area contributed by atoms with Crippen LogP contribution >= 0.6 is 0 Å². The van der Waals surface area contributed by atoms with Crippen LogP contribution in [0.4, 0.5) is 0 Å². The fraction of sp³-hybridized carbons (Fsp3) is 0.700. The van der Waals surface area contributed by atoms with Crippen molar-refractivity contribution >= 4 is 0 Å². The highest BCUT2D eigenvalue weighted by Gasteiger charge is 2.31. The van der Waals surface area contributed by atoms with Gasteiger partial charge in [0.1, 0.15) is 0 Å². The summed E-state index contributed by atoms with van der Waals surface area (Å²) in [4.78, 5) is 0. The van der Waals surface area contributed by atoms with E-state index in [4.69, 9.17) is 0 Å². The van der Waals surface area contributed by atoms with Gasteiger partial charge in [0, 0.05) is 6.04 Å². The van der Waals surface area contributed by atoms with Gasteiger partial charge in [-0.15, -0.1) is 0 Å². The van der Waals surface area contributed by atoms with Gasteiger partial charge < -0.3 is 5.32 Å². The number of benzene rings is 1. The average molecular weight is 287 g/mol. The molecule has 1 aliphatic rings. The quantitative estimate of drug-likeness (QED) is 0.778. The zero-order chi connectivity index (χ0) is 15.2. The fourth-order valence-corrected chi connectivity index (χ4v) is 3.87. The molecule has 1 N–H and O–H groups in total. The summed E-state index contributed by atoms with van der Waals surface area (Å²) in [7, 11) is 0. The SMILES string of the molecule is CCCNC1CCC(C(C)C)CC1Cc1cccc(C)c1. The third-order valence-electron chi connectivity index (χ3n) is 5.20. The minimum Gasteiger partial charge on any atom is -0.314 e. The molecule has 0 aliphatic heterocycles. The highest BCUT2D eigenvalue weighted by Crippen LogP contribution is 2.35. The van der Waals surface area contributed by atoms with Crippen molar-refractivity contribution in [2.75, 3.05) is 6.54 Å². The van der Waals surface area contributed by atoms with E-state index in [0.29, 0.717) is 0 Å². The molecular formula is C20H33N. The van der Waals surface area contributed by atoms with E-state index in [2.05, 4.69) is 57.3 Å². The highest BCUT2D eigenvalue weighted by molar-refractivity contribution is 5.23. The van der Waals surface area contributed by atoms with Crippen LogP contribution in [0.2, 0.25) is 0 Å². The maximum absolute atomic E-state index is 3.82. The van der Waals surface area contributed by atoms with Gasteiger partial charge >= 0.3 is 0 Å². The summed E-state index contributed by atoms with van der Waals surface area (Å²) < 4.78 is 0. The van der Waals surface area contributed by atoms with E-state index in [1.807, 2.05) is 0 Å². The van der Waals surface area contributed by atoms with Gasteiger partial charge in [-0.2, -0.15) is 0 Å². The summed E-state index contributed by atoms with van der Waals surface area (Å²) in [6.45, 7) is 10.4. The topological polar surface area (TPSA) is 12.0 Å². The van der Waals surface area contributed by atoms with Crippen molar-refractivity contribution < 1.29 is 0 Å². The second-order valence-electron chi connectivity index (χ2n) is 7.33. The Labute approximate surface area is 131 Å². The maximum atomic E-state index is 3.82. The molecular weight excluding hydrogens is 254 g/mol. The Balaban J connectivity index is 2.05. The van der Waals surface area contributed by atoms with Crippen LogP contribution in [0.25, 0.3) is 0 Å². The molecule has 0 amide bonds. The Kier molecular flexibility index (Phi) is 6.29. The lowest BCUT2D eigenvalue weighted by atomic mass is 9.71. The molecule has 1 fully saturated rings. The molecule has 0 aromatic heterocycles. The second kappa shape index (κ2) is 7.98. The van der Waals surface area contributed by atoms with Crippen LogP contribution in [-0.4, -0.2) is 12.6 Å². The molecule has 0 saturated heterocycles. The van der Waals surface area contributed by atoms with Gasteiger partial charge in [-0.1, -0.05) is 50.6 Å². The first-order valence-electron chi connectivity index (χ1n) is 8.89. The van der Waals surface area contributed by atoms with Crippen molar-refractivity contribution in [3.63, 3.8) is 0 Å². The van der Waals surface area contributed by atoms with Crippen LogP contribution in [-0.2, 0) is 6.42 Å². The van der Waals surface area contributed by atoms with E-state index < -0.39 is 0 Å². The van der Waals surface area contributed by atoms with Crippen LogP contribution in [0.3, 0.4) is 0 Å². The third-order valence-corrected chi connectivity index (χ3v) is 5.20. The van der Waals surface area contributed by atoms with E-state index >= 15 is 0 Å². The molecule has 0 spiro atoms. The molecule has 1 aromatic rings. The molecule has 118 valence electrons. The summed E-state index contributed by atoms with van der Waals surface area (Å²) >= 11 is 0. The standard InChI is InChI=1S/C20H33N/c1-5-11-21-20-10-9-18(15(2)3)14-19(20)13-17-8-6-7-16(4)12-17/h6-8,12,15,18-21H,5,9-11,13-14H2,1-4H3. The molecule has 1 aromatic carbocycles. The number of aryl methyl sites for hydroxylation is 1. The first-order valence-corrected chi connectivity index (χ1v) is 8.89. The summed E-state index contributed by atoms with van der Waals surface area (Å²) in [6.07, 6.45) is 6.64. The van der Waals surface area contributed by atoms with Crippen molar-refractivity contribution in [3.05, 3.63) is 35.4 Å². The Morgan fingerprint density at radius 2 is 2.05 bits per heavy atom. The zero-order valence-electron chi connectivity index (χ0n) is 14.4. The Bertz CT molecular complexity index is 424. The first-order chi connectivity index (χ1) is 10.1. The Hall–Kier alpha value is -0.820. The van der Waals surface area contributed by atoms with E-state index in [-0.39, 0.29) is 0 Å². The average Bonchev–Trinajstić information content (AvgIpc) is 2.46. The first kappa shape index (κ1) is 16.5. The zero-order valence-corrected chi connectivity index (χ0v) is 14.4. The van der Waals surface area contributed by atoms with Gasteiger partial charge in [0.25, 0.3) is 0 Å².